The summed E-state index contributed by atoms with van der Waals surface area (Å²) in [6.07, 6.45) is 0. The van der Waals surface area contributed by atoms with E-state index in [4.69, 9.17) is 0 Å². The maximum absolute atomic E-state index is 14.3. The summed E-state index contributed by atoms with van der Waals surface area (Å²) >= 11 is 3.06. The number of carbonyl (C=O) groups excluding carboxylic acids is 1. The van der Waals surface area contributed by atoms with E-state index in [-0.39, 0.29) is 23.8 Å². The van der Waals surface area contributed by atoms with Crippen LogP contribution >= 0.6 is 15.9 Å². The monoisotopic (exact) mass is 437 g/mol. The summed E-state index contributed by atoms with van der Waals surface area (Å²) in [7, 11) is 0. The van der Waals surface area contributed by atoms with Crippen LogP contribution in [0.5, 0.6) is 0 Å². The van der Waals surface area contributed by atoms with E-state index < -0.39 is 23.3 Å². The van der Waals surface area contributed by atoms with Crippen molar-refractivity contribution < 1.29 is 18.1 Å². The number of amides is 1. The number of hydrogen-bond donors (Lipinski definition) is 2. The normalized spacial score (nSPS) is 12.0. The van der Waals surface area contributed by atoms with Crippen LogP contribution in [0.3, 0.4) is 0 Å². The van der Waals surface area contributed by atoms with Crippen LogP contribution in [0.1, 0.15) is 24.0 Å². The van der Waals surface area contributed by atoms with Gasteiger partial charge in [0.15, 0.2) is 5.82 Å². The average molecular weight is 438 g/mol. The Morgan fingerprint density at radius 1 is 1.26 bits per heavy atom. The van der Waals surface area contributed by atoms with Crippen molar-refractivity contribution in [2.24, 2.45) is 0 Å². The van der Waals surface area contributed by atoms with Crippen molar-refractivity contribution in [1.82, 2.24) is 15.5 Å². The first-order valence-corrected chi connectivity index (χ1v) is 8.72. The standard InChI is InChI=1S/C18H14BrF2N3O3/c1-9(10-4-5-13(19)15(21)6-10)17(25)22-8-12-3-2-11(7-14(12)20)16-23-18(26)27-24-16/h2-7,9H,8H2,1H3,(H,22,25)(H,23,24,26). The lowest BCUT2D eigenvalue weighted by atomic mass is 10.00. The van der Waals surface area contributed by atoms with Gasteiger partial charge in [-0.1, -0.05) is 23.4 Å². The van der Waals surface area contributed by atoms with Crippen molar-refractivity contribution in [3.63, 3.8) is 0 Å². The molecule has 0 aliphatic rings. The molecule has 0 bridgehead atoms. The molecule has 0 aliphatic heterocycles. The number of nitrogens with zero attached hydrogens (tertiary/aromatic N) is 1. The molecule has 6 nitrogen and oxygen atoms in total. The van der Waals surface area contributed by atoms with E-state index in [2.05, 4.69) is 35.9 Å². The first kappa shape index (κ1) is 19.0. The highest BCUT2D eigenvalue weighted by Gasteiger charge is 2.17. The number of rotatable bonds is 5. The molecule has 3 aromatic rings. The van der Waals surface area contributed by atoms with Gasteiger partial charge in [0.05, 0.1) is 10.4 Å². The lowest BCUT2D eigenvalue weighted by Gasteiger charge is -2.13. The summed E-state index contributed by atoms with van der Waals surface area (Å²) in [6.45, 7) is 1.60. The zero-order chi connectivity index (χ0) is 19.6. The zero-order valence-electron chi connectivity index (χ0n) is 14.1. The largest absolute Gasteiger partial charge is 0.439 e. The Morgan fingerprint density at radius 3 is 2.67 bits per heavy atom. The van der Waals surface area contributed by atoms with Crippen LogP contribution in [0.2, 0.25) is 0 Å². The predicted octanol–water partition coefficient (Wildman–Crippen LogP) is 3.49. The SMILES string of the molecule is CC(C(=O)NCc1ccc(-c2noc(=O)[nH]2)cc1F)c1ccc(Br)c(F)c1. The Labute approximate surface area is 160 Å². The molecule has 1 amide bonds. The molecule has 9 heteroatoms. The van der Waals surface area contributed by atoms with Gasteiger partial charge in [0.2, 0.25) is 5.91 Å². The summed E-state index contributed by atoms with van der Waals surface area (Å²) in [4.78, 5) is 25.6. The van der Waals surface area contributed by atoms with Gasteiger partial charge in [-0.2, -0.15) is 0 Å². The van der Waals surface area contributed by atoms with Gasteiger partial charge in [0.1, 0.15) is 11.6 Å². The molecule has 1 atom stereocenters. The number of benzene rings is 2. The molecule has 0 saturated heterocycles. The Kier molecular flexibility index (Phi) is 5.50. The van der Waals surface area contributed by atoms with E-state index in [0.29, 0.717) is 15.6 Å². The molecule has 27 heavy (non-hydrogen) atoms. The lowest BCUT2D eigenvalue weighted by molar-refractivity contribution is -0.122. The fourth-order valence-corrected chi connectivity index (χ4v) is 2.71. The topological polar surface area (TPSA) is 88.0 Å². The third-order valence-corrected chi connectivity index (χ3v) is 4.70. The molecule has 2 aromatic carbocycles. The highest BCUT2D eigenvalue weighted by atomic mass is 79.9. The van der Waals surface area contributed by atoms with Crippen LogP contribution < -0.4 is 11.1 Å². The lowest BCUT2D eigenvalue weighted by Crippen LogP contribution is -2.28. The number of aromatic nitrogens is 2. The number of hydrogen-bond acceptors (Lipinski definition) is 4. The summed E-state index contributed by atoms with van der Waals surface area (Å²) in [5.74, 6) is -2.62. The van der Waals surface area contributed by atoms with E-state index >= 15 is 0 Å². The summed E-state index contributed by atoms with van der Waals surface area (Å²) in [6, 6.07) is 8.66. The second kappa shape index (κ2) is 7.83. The van der Waals surface area contributed by atoms with Crippen LogP contribution in [0.15, 0.2) is 50.2 Å². The molecular formula is C18H14BrF2N3O3. The minimum atomic E-state index is -0.736. The van der Waals surface area contributed by atoms with Crippen molar-refractivity contribution in [1.29, 1.82) is 0 Å². The van der Waals surface area contributed by atoms with Gasteiger partial charge in [0, 0.05) is 17.7 Å². The van der Waals surface area contributed by atoms with Gasteiger partial charge in [-0.15, -0.1) is 0 Å². The smallest absolute Gasteiger partial charge is 0.351 e. The van der Waals surface area contributed by atoms with Crippen LogP contribution in [0, 0.1) is 11.6 Å². The number of carbonyl (C=O) groups is 1. The number of aromatic amines is 1. The Hall–Kier alpha value is -2.81. The maximum atomic E-state index is 14.3. The molecule has 1 aromatic heterocycles. The van der Waals surface area contributed by atoms with Gasteiger partial charge in [-0.3, -0.25) is 14.3 Å². The summed E-state index contributed by atoms with van der Waals surface area (Å²) in [5.41, 5.74) is 1.11. The maximum Gasteiger partial charge on any atom is 0.439 e. The third-order valence-electron chi connectivity index (χ3n) is 4.06. The molecule has 140 valence electrons. The summed E-state index contributed by atoms with van der Waals surface area (Å²) in [5, 5.41) is 6.12. The van der Waals surface area contributed by atoms with Crippen LogP contribution in [-0.2, 0) is 11.3 Å². The first-order chi connectivity index (χ1) is 12.8. The van der Waals surface area contributed by atoms with Gasteiger partial charge in [0.25, 0.3) is 0 Å². The number of nitrogens with one attached hydrogen (secondary N) is 2. The number of H-pyrrole nitrogens is 1. The third kappa shape index (κ3) is 4.30. The van der Waals surface area contributed by atoms with Gasteiger partial charge in [-0.25, -0.2) is 13.6 Å². The zero-order valence-corrected chi connectivity index (χ0v) is 15.6. The molecule has 1 unspecified atom stereocenters. The summed E-state index contributed by atoms with van der Waals surface area (Å²) < 4.78 is 32.6. The molecule has 0 saturated carbocycles. The van der Waals surface area contributed by atoms with E-state index in [1.807, 2.05) is 0 Å². The predicted molar refractivity (Wildman–Crippen MR) is 96.9 cm³/mol. The second-order valence-electron chi connectivity index (χ2n) is 5.86. The molecule has 0 spiro atoms. The first-order valence-electron chi connectivity index (χ1n) is 7.92. The molecule has 0 fully saturated rings. The van der Waals surface area contributed by atoms with Crippen molar-refractivity contribution in [3.05, 3.63) is 74.2 Å². The molecular weight excluding hydrogens is 424 g/mol. The Morgan fingerprint density at radius 2 is 2.04 bits per heavy atom. The average Bonchev–Trinajstić information content (AvgIpc) is 3.08. The fourth-order valence-electron chi connectivity index (χ4n) is 2.46. The highest BCUT2D eigenvalue weighted by molar-refractivity contribution is 9.10. The fraction of sp³-hybridized carbons (Fsp3) is 0.167. The van der Waals surface area contributed by atoms with Crippen LogP contribution in [-0.4, -0.2) is 16.0 Å². The quantitative estimate of drug-likeness (QED) is 0.639. The van der Waals surface area contributed by atoms with Crippen LogP contribution in [0.25, 0.3) is 11.4 Å². The van der Waals surface area contributed by atoms with E-state index in [1.165, 1.54) is 24.3 Å². The van der Waals surface area contributed by atoms with Crippen molar-refractivity contribution >= 4 is 21.8 Å². The van der Waals surface area contributed by atoms with Crippen molar-refractivity contribution in [2.75, 3.05) is 0 Å². The Balaban J connectivity index is 1.67. The molecule has 0 aliphatic carbocycles. The highest BCUT2D eigenvalue weighted by Crippen LogP contribution is 2.22. The second-order valence-corrected chi connectivity index (χ2v) is 6.72. The van der Waals surface area contributed by atoms with Crippen LogP contribution in [0.4, 0.5) is 8.78 Å². The van der Waals surface area contributed by atoms with Crippen molar-refractivity contribution in [2.45, 2.75) is 19.4 Å². The van der Waals surface area contributed by atoms with Gasteiger partial charge >= 0.3 is 5.76 Å². The number of halogens is 3. The molecule has 1 heterocycles. The molecule has 2 N–H and O–H groups in total. The van der Waals surface area contributed by atoms with Crippen molar-refractivity contribution in [3.8, 4) is 11.4 Å². The van der Waals surface area contributed by atoms with E-state index in [1.54, 1.807) is 19.1 Å². The van der Waals surface area contributed by atoms with Gasteiger partial charge < -0.3 is 5.32 Å². The minimum Gasteiger partial charge on any atom is -0.351 e. The van der Waals surface area contributed by atoms with E-state index in [0.717, 1.165) is 0 Å². The molecule has 0 radical (unpaired) electrons. The molecule has 3 rings (SSSR count). The minimum absolute atomic E-state index is 0.0381. The van der Waals surface area contributed by atoms with E-state index in [9.17, 15) is 18.4 Å². The Bertz CT molecular complexity index is 1050. The van der Waals surface area contributed by atoms with Gasteiger partial charge in [-0.05, 0) is 46.6 Å².